The van der Waals surface area contributed by atoms with Crippen LogP contribution in [-0.2, 0) is 23.1 Å². The van der Waals surface area contributed by atoms with Gasteiger partial charge >= 0.3 is 0 Å². The molecule has 0 radical (unpaired) electrons. The van der Waals surface area contributed by atoms with Crippen LogP contribution in [0.15, 0.2) is 40.1 Å². The van der Waals surface area contributed by atoms with Crippen LogP contribution in [0.2, 0.25) is 0 Å². The molecule has 102 valence electrons. The van der Waals surface area contributed by atoms with Crippen molar-refractivity contribution in [1.29, 1.82) is 0 Å². The molecule has 0 aliphatic heterocycles. The molecule has 0 aliphatic rings. The van der Waals surface area contributed by atoms with Crippen molar-refractivity contribution in [2.24, 2.45) is 5.73 Å². The molecule has 0 saturated heterocycles. The average molecular weight is 297 g/mol. The molecule has 5 nitrogen and oxygen atoms in total. The highest BCUT2D eigenvalue weighted by atomic mass is 32.2. The van der Waals surface area contributed by atoms with Crippen molar-refractivity contribution in [2.45, 2.75) is 18.0 Å². The van der Waals surface area contributed by atoms with Crippen molar-refractivity contribution in [2.75, 3.05) is 7.05 Å². The number of rotatable bonds is 5. The van der Waals surface area contributed by atoms with Gasteiger partial charge in [-0.2, -0.15) is 4.31 Å². The second-order valence-corrected chi connectivity index (χ2v) is 6.85. The summed E-state index contributed by atoms with van der Waals surface area (Å²) in [5.41, 5.74) is 8.83. The summed E-state index contributed by atoms with van der Waals surface area (Å²) in [6, 6.07) is 6.61. The van der Waals surface area contributed by atoms with Gasteiger partial charge in [0.1, 0.15) is 0 Å². The Labute approximate surface area is 116 Å². The molecule has 2 rings (SSSR count). The van der Waals surface area contributed by atoms with Gasteiger partial charge in [-0.1, -0.05) is 12.1 Å². The molecular formula is C12H15N3O2S2. The van der Waals surface area contributed by atoms with Crippen LogP contribution in [-0.4, -0.2) is 24.8 Å². The summed E-state index contributed by atoms with van der Waals surface area (Å²) in [7, 11) is -1.94. The lowest BCUT2D eigenvalue weighted by atomic mass is 10.2. The number of thiazole rings is 1. The zero-order valence-electron chi connectivity index (χ0n) is 10.5. The van der Waals surface area contributed by atoms with Crippen molar-refractivity contribution >= 4 is 21.4 Å². The molecule has 0 saturated carbocycles. The first-order valence-corrected chi connectivity index (χ1v) is 8.04. The van der Waals surface area contributed by atoms with Crippen LogP contribution in [0.5, 0.6) is 0 Å². The largest absolute Gasteiger partial charge is 0.326 e. The molecule has 7 heteroatoms. The summed E-state index contributed by atoms with van der Waals surface area (Å²) in [6.45, 7) is 0.666. The van der Waals surface area contributed by atoms with Crippen LogP contribution < -0.4 is 5.73 Å². The zero-order valence-corrected chi connectivity index (χ0v) is 12.1. The predicted molar refractivity (Wildman–Crippen MR) is 75.1 cm³/mol. The SMILES string of the molecule is CN(Cc1cscn1)S(=O)(=O)c1ccc(CN)cc1. The minimum Gasteiger partial charge on any atom is -0.326 e. The fraction of sp³-hybridized carbons (Fsp3) is 0.250. The molecule has 19 heavy (non-hydrogen) atoms. The number of hydrogen-bond acceptors (Lipinski definition) is 5. The van der Waals surface area contributed by atoms with E-state index in [4.69, 9.17) is 5.73 Å². The van der Waals surface area contributed by atoms with E-state index < -0.39 is 10.0 Å². The van der Waals surface area contributed by atoms with Gasteiger partial charge < -0.3 is 5.73 Å². The van der Waals surface area contributed by atoms with Gasteiger partial charge in [0.25, 0.3) is 0 Å². The molecule has 1 heterocycles. The van der Waals surface area contributed by atoms with Gasteiger partial charge in [0.15, 0.2) is 0 Å². The van der Waals surface area contributed by atoms with Crippen LogP contribution in [0.1, 0.15) is 11.3 Å². The Morgan fingerprint density at radius 1 is 1.32 bits per heavy atom. The fourth-order valence-corrected chi connectivity index (χ4v) is 3.30. The molecule has 2 N–H and O–H groups in total. The number of benzene rings is 1. The third-order valence-electron chi connectivity index (χ3n) is 2.74. The van der Waals surface area contributed by atoms with E-state index in [0.29, 0.717) is 6.54 Å². The third-order valence-corrected chi connectivity index (χ3v) is 5.19. The Morgan fingerprint density at radius 3 is 2.53 bits per heavy atom. The standard InChI is InChI=1S/C12H15N3O2S2/c1-15(7-11-8-18-9-14-11)19(16,17)12-4-2-10(6-13)3-5-12/h2-5,8-9H,6-7,13H2,1H3. The number of hydrogen-bond donors (Lipinski definition) is 1. The van der Waals surface area contributed by atoms with Gasteiger partial charge in [0.2, 0.25) is 10.0 Å². The number of nitrogens with zero attached hydrogens (tertiary/aromatic N) is 2. The lowest BCUT2D eigenvalue weighted by molar-refractivity contribution is 0.463. The molecule has 0 fully saturated rings. The molecule has 2 aromatic rings. The zero-order chi connectivity index (χ0) is 13.9. The summed E-state index contributed by atoms with van der Waals surface area (Å²) in [5.74, 6) is 0. The van der Waals surface area contributed by atoms with Gasteiger partial charge in [-0.15, -0.1) is 11.3 Å². The lowest BCUT2D eigenvalue weighted by Gasteiger charge is -2.16. The maximum absolute atomic E-state index is 12.3. The van der Waals surface area contributed by atoms with E-state index in [0.717, 1.165) is 11.3 Å². The quantitative estimate of drug-likeness (QED) is 0.905. The molecule has 0 aliphatic carbocycles. The minimum absolute atomic E-state index is 0.266. The van der Waals surface area contributed by atoms with E-state index >= 15 is 0 Å². The molecule has 1 aromatic heterocycles. The smallest absolute Gasteiger partial charge is 0.243 e. The highest BCUT2D eigenvalue weighted by Crippen LogP contribution is 2.17. The second kappa shape index (κ2) is 5.79. The molecule has 0 amide bonds. The second-order valence-electron chi connectivity index (χ2n) is 4.09. The highest BCUT2D eigenvalue weighted by Gasteiger charge is 2.21. The normalized spacial score (nSPS) is 11.9. The first-order valence-electron chi connectivity index (χ1n) is 5.66. The van der Waals surface area contributed by atoms with E-state index in [1.807, 2.05) is 5.38 Å². The van der Waals surface area contributed by atoms with E-state index in [-0.39, 0.29) is 11.4 Å². The molecule has 0 unspecified atom stereocenters. The van der Waals surface area contributed by atoms with Crippen molar-refractivity contribution in [3.8, 4) is 0 Å². The minimum atomic E-state index is -3.48. The molecule has 0 atom stereocenters. The Morgan fingerprint density at radius 2 is 2.00 bits per heavy atom. The van der Waals surface area contributed by atoms with Crippen LogP contribution in [0, 0.1) is 0 Å². The summed E-state index contributed by atoms with van der Waals surface area (Å²) >= 11 is 1.45. The van der Waals surface area contributed by atoms with Crippen molar-refractivity contribution in [3.63, 3.8) is 0 Å². The van der Waals surface area contributed by atoms with E-state index in [1.54, 1.807) is 36.8 Å². The van der Waals surface area contributed by atoms with Gasteiger partial charge in [-0.25, -0.2) is 13.4 Å². The topological polar surface area (TPSA) is 76.3 Å². The van der Waals surface area contributed by atoms with Gasteiger partial charge in [0.05, 0.1) is 22.6 Å². The number of sulfonamides is 1. The Kier molecular flexibility index (Phi) is 4.31. The van der Waals surface area contributed by atoms with E-state index in [2.05, 4.69) is 4.98 Å². The predicted octanol–water partition coefficient (Wildman–Crippen LogP) is 1.42. The van der Waals surface area contributed by atoms with Crippen LogP contribution in [0.25, 0.3) is 0 Å². The van der Waals surface area contributed by atoms with Gasteiger partial charge in [-0.3, -0.25) is 0 Å². The van der Waals surface area contributed by atoms with Crippen LogP contribution in [0.3, 0.4) is 0 Å². The molecular weight excluding hydrogens is 282 g/mol. The van der Waals surface area contributed by atoms with Gasteiger partial charge in [-0.05, 0) is 17.7 Å². The maximum atomic E-state index is 12.3. The third kappa shape index (κ3) is 3.19. The van der Waals surface area contributed by atoms with Crippen LogP contribution >= 0.6 is 11.3 Å². The molecule has 0 spiro atoms. The summed E-state index contributed by atoms with van der Waals surface area (Å²) < 4.78 is 25.9. The fourth-order valence-electron chi connectivity index (χ4n) is 1.61. The van der Waals surface area contributed by atoms with Crippen molar-refractivity contribution < 1.29 is 8.42 Å². The average Bonchev–Trinajstić information content (AvgIpc) is 2.91. The molecule has 1 aromatic carbocycles. The maximum Gasteiger partial charge on any atom is 0.243 e. The lowest BCUT2D eigenvalue weighted by Crippen LogP contribution is -2.26. The van der Waals surface area contributed by atoms with E-state index in [1.165, 1.54) is 15.6 Å². The van der Waals surface area contributed by atoms with Crippen molar-refractivity contribution in [3.05, 3.63) is 46.4 Å². The number of nitrogens with two attached hydrogens (primary N) is 1. The summed E-state index contributed by atoms with van der Waals surface area (Å²) in [6.07, 6.45) is 0. The first kappa shape index (κ1) is 14.1. The Hall–Kier alpha value is -1.28. The summed E-state index contributed by atoms with van der Waals surface area (Å²) in [4.78, 5) is 4.35. The monoisotopic (exact) mass is 297 g/mol. The highest BCUT2D eigenvalue weighted by molar-refractivity contribution is 7.89. The number of aromatic nitrogens is 1. The van der Waals surface area contributed by atoms with E-state index in [9.17, 15) is 8.42 Å². The van der Waals surface area contributed by atoms with Gasteiger partial charge in [0, 0.05) is 19.0 Å². The molecule has 0 bridgehead atoms. The first-order chi connectivity index (χ1) is 9.04. The Balaban J connectivity index is 2.20. The Bertz CT molecular complexity index is 622. The van der Waals surface area contributed by atoms with Crippen molar-refractivity contribution in [1.82, 2.24) is 9.29 Å². The van der Waals surface area contributed by atoms with Crippen LogP contribution in [0.4, 0.5) is 0 Å². The summed E-state index contributed by atoms with van der Waals surface area (Å²) in [5, 5.41) is 1.84.